The Hall–Kier alpha value is -2.14. The molecule has 0 radical (unpaired) electrons. The van der Waals surface area contributed by atoms with Gasteiger partial charge in [0.15, 0.2) is 0 Å². The van der Waals surface area contributed by atoms with Gasteiger partial charge in [-0.05, 0) is 37.8 Å². The number of nitrogens with zero attached hydrogens (tertiary/aromatic N) is 1. The van der Waals surface area contributed by atoms with Crippen molar-refractivity contribution in [3.8, 4) is 0 Å². The van der Waals surface area contributed by atoms with Crippen LogP contribution in [0, 0.1) is 5.92 Å². The first-order valence-corrected chi connectivity index (χ1v) is 8.71. The summed E-state index contributed by atoms with van der Waals surface area (Å²) in [5.41, 5.74) is 6.51. The van der Waals surface area contributed by atoms with Crippen LogP contribution in [0.15, 0.2) is 28.7 Å². The second-order valence-electron chi connectivity index (χ2n) is 7.52. The van der Waals surface area contributed by atoms with Gasteiger partial charge in [-0.1, -0.05) is 12.1 Å². The molecule has 1 aromatic carbocycles. The molecule has 24 heavy (non-hydrogen) atoms. The molecule has 4 aliphatic rings. The van der Waals surface area contributed by atoms with Gasteiger partial charge in [-0.15, -0.1) is 0 Å². The molecule has 124 valence electrons. The summed E-state index contributed by atoms with van der Waals surface area (Å²) in [6.07, 6.45) is 4.06. The molecular formula is C19H20N2O3. The van der Waals surface area contributed by atoms with Crippen molar-refractivity contribution in [1.29, 1.82) is 0 Å². The number of nitrogens with two attached hydrogens (primary N) is 1. The minimum Gasteiger partial charge on any atom is -0.460 e. The predicted molar refractivity (Wildman–Crippen MR) is 88.7 cm³/mol. The molecule has 0 aliphatic carbocycles. The number of benzene rings is 1. The summed E-state index contributed by atoms with van der Waals surface area (Å²) in [6.45, 7) is 0.638. The first-order valence-electron chi connectivity index (χ1n) is 8.71. The number of amides is 1. The molecule has 2 unspecified atom stereocenters. The Balaban J connectivity index is 1.48. The summed E-state index contributed by atoms with van der Waals surface area (Å²) in [7, 11) is 0. The molecule has 5 heteroatoms. The molecule has 2 atom stereocenters. The van der Waals surface area contributed by atoms with Gasteiger partial charge in [0.05, 0.1) is 12.1 Å². The molecule has 1 aromatic heterocycles. The van der Waals surface area contributed by atoms with Crippen molar-refractivity contribution in [2.24, 2.45) is 11.7 Å². The summed E-state index contributed by atoms with van der Waals surface area (Å²) in [5.74, 6) is 1.57. The van der Waals surface area contributed by atoms with Gasteiger partial charge < -0.3 is 10.2 Å². The maximum absolute atomic E-state index is 12.0. The van der Waals surface area contributed by atoms with Crippen LogP contribution in [0.3, 0.4) is 0 Å². The van der Waals surface area contributed by atoms with Crippen molar-refractivity contribution in [2.75, 3.05) is 6.54 Å². The molecule has 4 saturated heterocycles. The highest BCUT2D eigenvalue weighted by Crippen LogP contribution is 2.47. The third-order valence-electron chi connectivity index (χ3n) is 6.19. The number of rotatable bonds is 2. The summed E-state index contributed by atoms with van der Waals surface area (Å²) in [6, 6.07) is 8.56. The quantitative estimate of drug-likeness (QED) is 0.920. The van der Waals surface area contributed by atoms with Gasteiger partial charge >= 0.3 is 0 Å². The average Bonchev–Trinajstić information content (AvgIpc) is 2.98. The first-order chi connectivity index (χ1) is 11.6. The standard InChI is InChI=1S/C19H20N2O3/c20-19(23)15-3-1-2-10-8-17(24-18(10)15)12-6-13-4-11-5-14(7-12)21(13)9-16(11)22/h1-3,8,11-14H,4-7,9H2,(H2,20,23). The number of carbonyl (C=O) groups is 2. The minimum absolute atomic E-state index is 0.281. The summed E-state index contributed by atoms with van der Waals surface area (Å²) >= 11 is 0. The van der Waals surface area contributed by atoms with Crippen LogP contribution in [-0.2, 0) is 4.79 Å². The van der Waals surface area contributed by atoms with E-state index in [0.29, 0.717) is 41.5 Å². The summed E-state index contributed by atoms with van der Waals surface area (Å²) in [4.78, 5) is 26.0. The highest BCUT2D eigenvalue weighted by Gasteiger charge is 2.49. The van der Waals surface area contributed by atoms with Crippen LogP contribution in [0.2, 0.25) is 0 Å². The fourth-order valence-electron chi connectivity index (χ4n) is 5.08. The van der Waals surface area contributed by atoms with Crippen molar-refractivity contribution in [3.63, 3.8) is 0 Å². The highest BCUT2D eigenvalue weighted by atomic mass is 16.3. The lowest BCUT2D eigenvalue weighted by molar-refractivity contribution is -0.141. The number of para-hydroxylation sites is 1. The van der Waals surface area contributed by atoms with Gasteiger partial charge in [0, 0.05) is 29.3 Å². The smallest absolute Gasteiger partial charge is 0.252 e. The number of carbonyl (C=O) groups excluding carboxylic acids is 2. The van der Waals surface area contributed by atoms with Gasteiger partial charge in [-0.2, -0.15) is 0 Å². The van der Waals surface area contributed by atoms with Crippen LogP contribution in [0.4, 0.5) is 0 Å². The van der Waals surface area contributed by atoms with Gasteiger partial charge in [-0.3, -0.25) is 14.5 Å². The Labute approximate surface area is 139 Å². The summed E-state index contributed by atoms with van der Waals surface area (Å²) < 4.78 is 6.08. The SMILES string of the molecule is NC(=O)c1cccc2cc(C3CC4CC5CC(C3)N4CC5=O)oc12. The van der Waals surface area contributed by atoms with E-state index in [-0.39, 0.29) is 5.92 Å². The zero-order chi connectivity index (χ0) is 16.4. The molecule has 0 spiro atoms. The lowest BCUT2D eigenvalue weighted by Gasteiger charge is -2.54. The zero-order valence-electron chi connectivity index (χ0n) is 13.4. The molecular weight excluding hydrogens is 304 g/mol. The van der Waals surface area contributed by atoms with Crippen LogP contribution in [0.5, 0.6) is 0 Å². The first kappa shape index (κ1) is 14.2. The molecule has 0 saturated carbocycles. The number of piperidine rings is 4. The number of ketones is 1. The molecule has 4 aliphatic heterocycles. The molecule has 1 amide bonds. The summed E-state index contributed by atoms with van der Waals surface area (Å²) in [5, 5.41) is 0.939. The number of hydrogen-bond acceptors (Lipinski definition) is 4. The normalized spacial score (nSPS) is 34.7. The predicted octanol–water partition coefficient (Wildman–Crippen LogP) is 2.44. The zero-order valence-corrected chi connectivity index (χ0v) is 13.4. The highest BCUT2D eigenvalue weighted by molar-refractivity contribution is 6.04. The lowest BCUT2D eigenvalue weighted by atomic mass is 9.69. The Kier molecular flexibility index (Phi) is 2.92. The maximum Gasteiger partial charge on any atom is 0.252 e. The maximum atomic E-state index is 12.0. The Morgan fingerprint density at radius 3 is 2.50 bits per heavy atom. The topological polar surface area (TPSA) is 76.5 Å². The van der Waals surface area contributed by atoms with E-state index in [1.54, 1.807) is 6.07 Å². The Morgan fingerprint density at radius 1 is 1.12 bits per heavy atom. The van der Waals surface area contributed by atoms with Gasteiger partial charge in [0.1, 0.15) is 17.1 Å². The minimum atomic E-state index is -0.455. The third-order valence-corrected chi connectivity index (χ3v) is 6.19. The Morgan fingerprint density at radius 2 is 1.83 bits per heavy atom. The van der Waals surface area contributed by atoms with Gasteiger partial charge in [0.25, 0.3) is 5.91 Å². The lowest BCUT2D eigenvalue weighted by Crippen LogP contribution is -2.61. The van der Waals surface area contributed by atoms with E-state index in [9.17, 15) is 9.59 Å². The van der Waals surface area contributed by atoms with Crippen molar-refractivity contribution >= 4 is 22.7 Å². The average molecular weight is 324 g/mol. The van der Waals surface area contributed by atoms with Crippen molar-refractivity contribution < 1.29 is 14.0 Å². The van der Waals surface area contributed by atoms with E-state index in [2.05, 4.69) is 11.0 Å². The van der Waals surface area contributed by atoms with Gasteiger partial charge in [0.2, 0.25) is 0 Å². The van der Waals surface area contributed by atoms with Crippen molar-refractivity contribution in [2.45, 2.75) is 43.7 Å². The number of fused-ring (bicyclic) bond motifs is 2. The molecule has 5 heterocycles. The largest absolute Gasteiger partial charge is 0.460 e. The van der Waals surface area contributed by atoms with E-state index >= 15 is 0 Å². The number of Topliss-reactive ketones (excluding diaryl/α,β-unsaturated/α-hetero) is 1. The van der Waals surface area contributed by atoms with Crippen LogP contribution < -0.4 is 5.73 Å². The Bertz CT molecular complexity index is 839. The molecule has 5 nitrogen and oxygen atoms in total. The van der Waals surface area contributed by atoms with E-state index in [4.69, 9.17) is 10.2 Å². The molecule has 4 bridgehead atoms. The second kappa shape index (κ2) is 4.93. The van der Waals surface area contributed by atoms with Crippen LogP contribution in [0.1, 0.15) is 47.7 Å². The fraction of sp³-hybridized carbons (Fsp3) is 0.474. The molecule has 6 rings (SSSR count). The number of primary amides is 1. The van der Waals surface area contributed by atoms with E-state index in [1.807, 2.05) is 12.1 Å². The number of furan rings is 1. The monoisotopic (exact) mass is 324 g/mol. The van der Waals surface area contributed by atoms with Crippen LogP contribution in [-0.4, -0.2) is 35.2 Å². The second-order valence-corrected chi connectivity index (χ2v) is 7.52. The number of hydrogen-bond donors (Lipinski definition) is 1. The van der Waals surface area contributed by atoms with E-state index < -0.39 is 5.91 Å². The van der Waals surface area contributed by atoms with Crippen molar-refractivity contribution in [1.82, 2.24) is 4.90 Å². The molecule has 2 N–H and O–H groups in total. The van der Waals surface area contributed by atoms with Crippen molar-refractivity contribution in [3.05, 3.63) is 35.6 Å². The van der Waals surface area contributed by atoms with E-state index in [0.717, 1.165) is 36.8 Å². The van der Waals surface area contributed by atoms with E-state index in [1.165, 1.54) is 0 Å². The van der Waals surface area contributed by atoms with Crippen LogP contribution >= 0.6 is 0 Å². The fourth-order valence-corrected chi connectivity index (χ4v) is 5.08. The molecule has 4 fully saturated rings. The third kappa shape index (κ3) is 1.97. The van der Waals surface area contributed by atoms with Crippen LogP contribution in [0.25, 0.3) is 11.0 Å². The molecule has 2 aromatic rings. The van der Waals surface area contributed by atoms with Gasteiger partial charge in [-0.25, -0.2) is 0 Å².